The predicted octanol–water partition coefficient (Wildman–Crippen LogP) is 2.54. The Morgan fingerprint density at radius 2 is 2.00 bits per heavy atom. The summed E-state index contributed by atoms with van der Waals surface area (Å²) < 4.78 is 15.8. The number of benzene rings is 1. The van der Waals surface area contributed by atoms with Gasteiger partial charge in [-0.15, -0.1) is 0 Å². The summed E-state index contributed by atoms with van der Waals surface area (Å²) in [7, 11) is 2.85. The van der Waals surface area contributed by atoms with Gasteiger partial charge in [-0.25, -0.2) is 9.59 Å². The van der Waals surface area contributed by atoms with Crippen molar-refractivity contribution in [1.82, 2.24) is 10.6 Å². The number of urea groups is 1. The van der Waals surface area contributed by atoms with Crippen LogP contribution in [-0.2, 0) is 14.3 Å². The van der Waals surface area contributed by atoms with Crippen LogP contribution in [0.25, 0.3) is 6.08 Å². The van der Waals surface area contributed by atoms with Gasteiger partial charge in [-0.3, -0.25) is 10.1 Å². The molecule has 0 saturated heterocycles. The van der Waals surface area contributed by atoms with E-state index in [0.29, 0.717) is 28.7 Å². The van der Waals surface area contributed by atoms with Crippen molar-refractivity contribution in [1.29, 1.82) is 0 Å². The standard InChI is InChI=1S/C18H23ClN2O6/c1-5-8-26-16-13(19)9-12(10-14(16)25-4)6-7-15(22)27-11(2)17(23)21-18(24)20-3/h6-7,9-11H,5,8H2,1-4H3,(H2,20,21,23,24)/b7-6+/t11-/m0/s1. The molecule has 0 aromatic heterocycles. The van der Waals surface area contributed by atoms with Crippen molar-refractivity contribution in [2.24, 2.45) is 0 Å². The second kappa shape index (κ2) is 11.1. The predicted molar refractivity (Wildman–Crippen MR) is 101 cm³/mol. The van der Waals surface area contributed by atoms with Crippen LogP contribution in [0.3, 0.4) is 0 Å². The number of hydrogen-bond donors (Lipinski definition) is 2. The third kappa shape index (κ3) is 7.18. The van der Waals surface area contributed by atoms with E-state index in [0.717, 1.165) is 12.5 Å². The zero-order valence-electron chi connectivity index (χ0n) is 15.6. The average Bonchev–Trinajstić information content (AvgIpc) is 2.64. The fourth-order valence-electron chi connectivity index (χ4n) is 1.89. The van der Waals surface area contributed by atoms with Gasteiger partial charge in [-0.1, -0.05) is 18.5 Å². The summed E-state index contributed by atoms with van der Waals surface area (Å²) in [6, 6.07) is 2.58. The molecule has 1 aromatic rings. The maximum Gasteiger partial charge on any atom is 0.331 e. The van der Waals surface area contributed by atoms with Gasteiger partial charge in [0, 0.05) is 13.1 Å². The van der Waals surface area contributed by atoms with Crippen LogP contribution in [0.5, 0.6) is 11.5 Å². The second-order valence-electron chi connectivity index (χ2n) is 5.36. The molecule has 1 aromatic carbocycles. The van der Waals surface area contributed by atoms with Crippen molar-refractivity contribution >= 4 is 35.6 Å². The van der Waals surface area contributed by atoms with Gasteiger partial charge in [-0.05, 0) is 37.1 Å². The minimum Gasteiger partial charge on any atom is -0.493 e. The van der Waals surface area contributed by atoms with E-state index in [1.54, 1.807) is 12.1 Å². The summed E-state index contributed by atoms with van der Waals surface area (Å²) in [4.78, 5) is 34.6. The van der Waals surface area contributed by atoms with Gasteiger partial charge >= 0.3 is 12.0 Å². The van der Waals surface area contributed by atoms with Crippen molar-refractivity contribution in [2.45, 2.75) is 26.4 Å². The van der Waals surface area contributed by atoms with Crippen LogP contribution in [0.1, 0.15) is 25.8 Å². The molecule has 0 aliphatic carbocycles. The zero-order valence-corrected chi connectivity index (χ0v) is 16.4. The Kier molecular flexibility index (Phi) is 9.15. The number of carbonyl (C=O) groups is 3. The third-order valence-electron chi connectivity index (χ3n) is 3.24. The number of amides is 3. The Labute approximate surface area is 162 Å². The topological polar surface area (TPSA) is 103 Å². The van der Waals surface area contributed by atoms with Crippen molar-refractivity contribution in [3.05, 3.63) is 28.8 Å². The molecule has 0 spiro atoms. The summed E-state index contributed by atoms with van der Waals surface area (Å²) >= 11 is 6.21. The number of nitrogens with one attached hydrogen (secondary N) is 2. The van der Waals surface area contributed by atoms with Crippen LogP contribution >= 0.6 is 11.6 Å². The van der Waals surface area contributed by atoms with E-state index in [1.807, 2.05) is 12.2 Å². The van der Waals surface area contributed by atoms with Crippen molar-refractivity contribution in [2.75, 3.05) is 20.8 Å². The lowest BCUT2D eigenvalue weighted by Gasteiger charge is -2.13. The number of esters is 1. The molecule has 0 aliphatic heterocycles. The second-order valence-corrected chi connectivity index (χ2v) is 5.77. The molecule has 0 saturated carbocycles. The Balaban J connectivity index is 2.78. The summed E-state index contributed by atoms with van der Waals surface area (Å²) in [5.41, 5.74) is 0.583. The van der Waals surface area contributed by atoms with Crippen LogP contribution in [-0.4, -0.2) is 44.8 Å². The first kappa shape index (κ1) is 22.3. The Morgan fingerprint density at radius 1 is 1.30 bits per heavy atom. The zero-order chi connectivity index (χ0) is 20.4. The molecule has 148 valence electrons. The molecule has 27 heavy (non-hydrogen) atoms. The lowest BCUT2D eigenvalue weighted by molar-refractivity contribution is -0.149. The highest BCUT2D eigenvalue weighted by Gasteiger charge is 2.18. The van der Waals surface area contributed by atoms with Crippen LogP contribution in [0.4, 0.5) is 4.79 Å². The highest BCUT2D eigenvalue weighted by molar-refractivity contribution is 6.32. The van der Waals surface area contributed by atoms with Crippen molar-refractivity contribution < 1.29 is 28.6 Å². The van der Waals surface area contributed by atoms with E-state index < -0.39 is 24.0 Å². The molecule has 3 amide bonds. The smallest absolute Gasteiger partial charge is 0.331 e. The van der Waals surface area contributed by atoms with E-state index in [2.05, 4.69) is 5.32 Å². The first-order valence-corrected chi connectivity index (χ1v) is 8.61. The maximum absolute atomic E-state index is 11.9. The van der Waals surface area contributed by atoms with E-state index in [1.165, 1.54) is 27.2 Å². The number of ether oxygens (including phenoxy) is 3. The molecule has 0 heterocycles. The molecule has 0 bridgehead atoms. The molecule has 1 atom stereocenters. The van der Waals surface area contributed by atoms with Gasteiger partial charge in [0.25, 0.3) is 5.91 Å². The van der Waals surface area contributed by atoms with Crippen molar-refractivity contribution in [3.63, 3.8) is 0 Å². The molecule has 0 unspecified atom stereocenters. The Morgan fingerprint density at radius 3 is 2.59 bits per heavy atom. The van der Waals surface area contributed by atoms with Crippen LogP contribution in [0.2, 0.25) is 5.02 Å². The average molecular weight is 399 g/mol. The number of methoxy groups -OCH3 is 1. The third-order valence-corrected chi connectivity index (χ3v) is 3.52. The van der Waals surface area contributed by atoms with Gasteiger partial charge in [0.15, 0.2) is 17.6 Å². The lowest BCUT2D eigenvalue weighted by atomic mass is 10.2. The first-order chi connectivity index (χ1) is 12.8. The monoisotopic (exact) mass is 398 g/mol. The first-order valence-electron chi connectivity index (χ1n) is 8.23. The Bertz CT molecular complexity index is 720. The molecular formula is C18H23ClN2O6. The summed E-state index contributed by atoms with van der Waals surface area (Å²) in [5, 5.41) is 4.58. The molecule has 0 fully saturated rings. The highest BCUT2D eigenvalue weighted by Crippen LogP contribution is 2.36. The van der Waals surface area contributed by atoms with E-state index in [9.17, 15) is 14.4 Å². The molecular weight excluding hydrogens is 376 g/mol. The number of halogens is 1. The van der Waals surface area contributed by atoms with Gasteiger partial charge < -0.3 is 19.5 Å². The fraction of sp³-hybridized carbons (Fsp3) is 0.389. The Hall–Kier alpha value is -2.74. The van der Waals surface area contributed by atoms with Crippen LogP contribution in [0.15, 0.2) is 18.2 Å². The highest BCUT2D eigenvalue weighted by atomic mass is 35.5. The molecule has 2 N–H and O–H groups in total. The minimum atomic E-state index is -1.14. The summed E-state index contributed by atoms with van der Waals surface area (Å²) in [6.07, 6.45) is 2.28. The van der Waals surface area contributed by atoms with Gasteiger partial charge in [0.1, 0.15) is 0 Å². The fourth-order valence-corrected chi connectivity index (χ4v) is 2.16. The normalized spacial score (nSPS) is 11.6. The maximum atomic E-state index is 11.9. The molecule has 9 heteroatoms. The molecule has 0 aliphatic rings. The number of rotatable bonds is 8. The van der Waals surface area contributed by atoms with E-state index >= 15 is 0 Å². The molecule has 8 nitrogen and oxygen atoms in total. The van der Waals surface area contributed by atoms with Gasteiger partial charge in [-0.2, -0.15) is 0 Å². The molecule has 0 radical (unpaired) electrons. The van der Waals surface area contributed by atoms with E-state index in [4.69, 9.17) is 25.8 Å². The number of hydrogen-bond acceptors (Lipinski definition) is 6. The van der Waals surface area contributed by atoms with Crippen LogP contribution in [0, 0.1) is 0 Å². The van der Waals surface area contributed by atoms with Gasteiger partial charge in [0.05, 0.1) is 18.7 Å². The van der Waals surface area contributed by atoms with Crippen LogP contribution < -0.4 is 20.1 Å². The van der Waals surface area contributed by atoms with Gasteiger partial charge in [0.2, 0.25) is 0 Å². The number of imide groups is 1. The number of carbonyl (C=O) groups excluding carboxylic acids is 3. The SMILES string of the molecule is CCCOc1c(Cl)cc(/C=C/C(=O)O[C@@H](C)C(=O)NC(=O)NC)cc1OC. The van der Waals surface area contributed by atoms with E-state index in [-0.39, 0.29) is 0 Å². The summed E-state index contributed by atoms with van der Waals surface area (Å²) in [6.45, 7) is 3.82. The largest absolute Gasteiger partial charge is 0.493 e. The van der Waals surface area contributed by atoms with Crippen molar-refractivity contribution in [3.8, 4) is 11.5 Å². The quantitative estimate of drug-likeness (QED) is 0.515. The summed E-state index contributed by atoms with van der Waals surface area (Å²) in [5.74, 6) is -0.628. The lowest BCUT2D eigenvalue weighted by Crippen LogP contribution is -2.43. The minimum absolute atomic E-state index is 0.342. The molecule has 1 rings (SSSR count).